The van der Waals surface area contributed by atoms with Crippen molar-refractivity contribution in [3.05, 3.63) is 59.7 Å². The molecule has 2 aliphatic heterocycles. The Hall–Kier alpha value is -3.55. The molecule has 0 saturated carbocycles. The third kappa shape index (κ3) is 6.72. The van der Waals surface area contributed by atoms with E-state index >= 15 is 0 Å². The predicted molar refractivity (Wildman–Crippen MR) is 140 cm³/mol. The number of carbonyl (C=O) groups excluding carboxylic acids is 3. The van der Waals surface area contributed by atoms with E-state index in [4.69, 9.17) is 17.0 Å². The first-order valence-corrected chi connectivity index (χ1v) is 12.6. The van der Waals surface area contributed by atoms with Gasteiger partial charge in [-0.05, 0) is 54.7 Å². The lowest BCUT2D eigenvalue weighted by atomic mass is 10.1. The Morgan fingerprint density at radius 3 is 2.44 bits per heavy atom. The summed E-state index contributed by atoms with van der Waals surface area (Å²) >= 11 is 5.57. The first-order valence-electron chi connectivity index (χ1n) is 12.2. The fourth-order valence-corrected chi connectivity index (χ4v) is 4.83. The second-order valence-electron chi connectivity index (χ2n) is 8.99. The van der Waals surface area contributed by atoms with Gasteiger partial charge in [-0.3, -0.25) is 19.4 Å². The van der Waals surface area contributed by atoms with Gasteiger partial charge >= 0.3 is 12.1 Å². The Morgan fingerprint density at radius 2 is 1.79 bits per heavy atom. The van der Waals surface area contributed by atoms with Crippen LogP contribution in [0.15, 0.2) is 48.5 Å². The van der Waals surface area contributed by atoms with Crippen LogP contribution in [-0.2, 0) is 25.2 Å². The largest absolute Gasteiger partial charge is 0.465 e. The topological polar surface area (TPSA) is 91.4 Å². The first-order chi connectivity index (χ1) is 18.6. The Kier molecular flexibility index (Phi) is 8.83. The summed E-state index contributed by atoms with van der Waals surface area (Å²) in [7, 11) is 1.26. The number of thiocarbonyl (C=S) groups is 1. The van der Waals surface area contributed by atoms with Crippen LogP contribution in [0, 0.1) is 0 Å². The number of hydrogen-bond donors (Lipinski definition) is 1. The lowest BCUT2D eigenvalue weighted by molar-refractivity contribution is -0.137. The van der Waals surface area contributed by atoms with Crippen LogP contribution in [0.3, 0.4) is 0 Å². The fraction of sp³-hybridized carbons (Fsp3) is 0.385. The van der Waals surface area contributed by atoms with E-state index in [2.05, 4.69) is 15.0 Å². The molecule has 2 aromatic carbocycles. The quantitative estimate of drug-likeness (QED) is 0.387. The first kappa shape index (κ1) is 28.5. The molecule has 2 heterocycles. The van der Waals surface area contributed by atoms with Gasteiger partial charge in [-0.2, -0.15) is 13.2 Å². The summed E-state index contributed by atoms with van der Waals surface area (Å²) in [5, 5.41) is 2.73. The molecule has 0 aliphatic carbocycles. The Morgan fingerprint density at radius 1 is 1.10 bits per heavy atom. The highest BCUT2D eigenvalue weighted by molar-refractivity contribution is 7.80. The fourth-order valence-electron chi connectivity index (χ4n) is 4.42. The van der Waals surface area contributed by atoms with E-state index in [1.165, 1.54) is 43.5 Å². The van der Waals surface area contributed by atoms with Crippen LogP contribution in [0.25, 0.3) is 0 Å². The molecule has 0 radical (unpaired) electrons. The van der Waals surface area contributed by atoms with Crippen molar-refractivity contribution in [1.29, 1.82) is 0 Å². The number of benzene rings is 2. The Balaban J connectivity index is 1.53. The van der Waals surface area contributed by atoms with Crippen molar-refractivity contribution in [2.24, 2.45) is 0 Å². The van der Waals surface area contributed by atoms with Crippen molar-refractivity contribution in [2.75, 3.05) is 56.7 Å². The molecule has 208 valence electrons. The molecular formula is C26H27F3N4O5S. The maximum absolute atomic E-state index is 13.5. The van der Waals surface area contributed by atoms with Gasteiger partial charge in [0.2, 0.25) is 5.91 Å². The molecule has 1 atom stereocenters. The minimum absolute atomic E-state index is 0.0162. The molecule has 2 aromatic rings. The number of rotatable bonds is 8. The predicted octanol–water partition coefficient (Wildman–Crippen LogP) is 3.16. The Labute approximate surface area is 228 Å². The average Bonchev–Trinajstić information content (AvgIpc) is 3.15. The van der Waals surface area contributed by atoms with E-state index in [1.54, 1.807) is 4.90 Å². The monoisotopic (exact) mass is 564 g/mol. The van der Waals surface area contributed by atoms with Crippen molar-refractivity contribution >= 4 is 46.5 Å². The summed E-state index contributed by atoms with van der Waals surface area (Å²) in [6.07, 6.45) is -4.88. The number of halogens is 3. The normalized spacial score (nSPS) is 18.4. The smallest absolute Gasteiger partial charge is 0.416 e. The van der Waals surface area contributed by atoms with Gasteiger partial charge in [0.15, 0.2) is 5.11 Å². The third-order valence-corrected chi connectivity index (χ3v) is 6.90. The van der Waals surface area contributed by atoms with Crippen molar-refractivity contribution < 1.29 is 37.0 Å². The zero-order chi connectivity index (χ0) is 28.2. The van der Waals surface area contributed by atoms with Crippen LogP contribution in [0.5, 0.6) is 0 Å². The van der Waals surface area contributed by atoms with Crippen molar-refractivity contribution in [2.45, 2.75) is 18.6 Å². The number of alkyl halides is 3. The Bertz CT molecular complexity index is 1230. The molecule has 39 heavy (non-hydrogen) atoms. The summed E-state index contributed by atoms with van der Waals surface area (Å²) in [5.41, 5.74) is -0.224. The molecule has 0 aromatic heterocycles. The van der Waals surface area contributed by atoms with E-state index in [-0.39, 0.29) is 17.2 Å². The SMILES string of the molecule is COC(=O)c1ccc(NC(=O)C[C@@H]2C(=O)N(c3cccc(C(F)(F)F)c3)C(=S)N2CCN2CCOCC2)cc1. The zero-order valence-corrected chi connectivity index (χ0v) is 21.9. The number of nitrogens with one attached hydrogen (secondary N) is 1. The second-order valence-corrected chi connectivity index (χ2v) is 9.35. The van der Waals surface area contributed by atoms with Crippen LogP contribution < -0.4 is 10.2 Å². The van der Waals surface area contributed by atoms with Crippen molar-refractivity contribution in [3.8, 4) is 0 Å². The van der Waals surface area contributed by atoms with E-state index in [9.17, 15) is 27.6 Å². The van der Waals surface area contributed by atoms with Crippen LogP contribution in [0.1, 0.15) is 22.3 Å². The molecule has 2 fully saturated rings. The molecule has 0 unspecified atom stereocenters. The molecule has 0 spiro atoms. The van der Waals surface area contributed by atoms with Gasteiger partial charge in [0.05, 0.1) is 43.6 Å². The maximum atomic E-state index is 13.5. The van der Waals surface area contributed by atoms with Gasteiger partial charge in [0.1, 0.15) is 6.04 Å². The zero-order valence-electron chi connectivity index (χ0n) is 21.1. The molecule has 0 bridgehead atoms. The molecule has 13 heteroatoms. The van der Waals surface area contributed by atoms with E-state index in [0.29, 0.717) is 50.6 Å². The van der Waals surface area contributed by atoms with Crippen LogP contribution in [0.2, 0.25) is 0 Å². The molecular weight excluding hydrogens is 537 g/mol. The molecule has 1 N–H and O–H groups in total. The van der Waals surface area contributed by atoms with Gasteiger partial charge in [-0.1, -0.05) is 6.07 Å². The molecule has 2 amide bonds. The summed E-state index contributed by atoms with van der Waals surface area (Å²) in [4.78, 5) is 42.9. The van der Waals surface area contributed by atoms with Crippen LogP contribution in [0.4, 0.5) is 24.5 Å². The lowest BCUT2D eigenvalue weighted by Crippen LogP contribution is -2.45. The second kappa shape index (κ2) is 12.1. The number of morpholine rings is 1. The maximum Gasteiger partial charge on any atom is 0.416 e. The van der Waals surface area contributed by atoms with Gasteiger partial charge in [-0.25, -0.2) is 4.79 Å². The number of hydrogen-bond acceptors (Lipinski definition) is 7. The summed E-state index contributed by atoms with van der Waals surface area (Å²) in [6, 6.07) is 9.39. The van der Waals surface area contributed by atoms with Gasteiger partial charge in [-0.15, -0.1) is 0 Å². The van der Waals surface area contributed by atoms with Gasteiger partial charge < -0.3 is 19.7 Å². The lowest BCUT2D eigenvalue weighted by Gasteiger charge is -2.30. The summed E-state index contributed by atoms with van der Waals surface area (Å²) < 4.78 is 50.1. The van der Waals surface area contributed by atoms with Crippen molar-refractivity contribution in [3.63, 3.8) is 0 Å². The van der Waals surface area contributed by atoms with Gasteiger partial charge in [0, 0.05) is 31.9 Å². The van der Waals surface area contributed by atoms with Crippen molar-refractivity contribution in [1.82, 2.24) is 9.80 Å². The number of anilines is 2. The minimum atomic E-state index is -4.60. The van der Waals surface area contributed by atoms with Gasteiger partial charge in [0.25, 0.3) is 5.91 Å². The molecule has 2 saturated heterocycles. The van der Waals surface area contributed by atoms with Crippen LogP contribution >= 0.6 is 12.2 Å². The number of carbonyl (C=O) groups is 3. The van der Waals surface area contributed by atoms with Crippen LogP contribution in [-0.4, -0.2) is 85.2 Å². The highest BCUT2D eigenvalue weighted by Gasteiger charge is 2.44. The minimum Gasteiger partial charge on any atom is -0.465 e. The standard InChI is InChI=1S/C26H27F3N4O5S/c1-37-24(36)17-5-7-19(8-6-17)30-22(34)16-21-23(35)33(20-4-2-3-18(15-20)26(27,28)29)25(39)32(21)10-9-31-11-13-38-14-12-31/h2-8,15,21H,9-14,16H2,1H3,(H,30,34)/t21-/m1/s1. The number of esters is 1. The highest BCUT2D eigenvalue weighted by Crippen LogP contribution is 2.34. The summed E-state index contributed by atoms with van der Waals surface area (Å²) in [5.74, 6) is -1.61. The number of ether oxygens (including phenoxy) is 2. The third-order valence-electron chi connectivity index (χ3n) is 6.48. The van der Waals surface area contributed by atoms with E-state index in [1.807, 2.05) is 0 Å². The average molecular weight is 565 g/mol. The number of methoxy groups -OCH3 is 1. The summed E-state index contributed by atoms with van der Waals surface area (Å²) in [6.45, 7) is 3.35. The van der Waals surface area contributed by atoms with E-state index < -0.39 is 35.6 Å². The number of amides is 2. The molecule has 9 nitrogen and oxygen atoms in total. The molecule has 2 aliphatic rings. The number of nitrogens with zero attached hydrogens (tertiary/aromatic N) is 3. The van der Waals surface area contributed by atoms with E-state index in [0.717, 1.165) is 17.0 Å². The highest BCUT2D eigenvalue weighted by atomic mass is 32.1. The molecule has 4 rings (SSSR count).